The fourth-order valence-electron chi connectivity index (χ4n) is 4.07. The van der Waals surface area contributed by atoms with E-state index in [4.69, 9.17) is 4.74 Å². The summed E-state index contributed by atoms with van der Waals surface area (Å²) in [5, 5.41) is 6.56. The molecule has 0 spiro atoms. The first kappa shape index (κ1) is 23.9. The molecule has 1 saturated heterocycles. The first-order chi connectivity index (χ1) is 17.1. The Morgan fingerprint density at radius 3 is 2.51 bits per heavy atom. The van der Waals surface area contributed by atoms with Gasteiger partial charge in [-0.1, -0.05) is 24.8 Å². The highest BCUT2D eigenvalue weighted by Gasteiger charge is 2.26. The van der Waals surface area contributed by atoms with Crippen LogP contribution in [0.2, 0.25) is 0 Å². The predicted octanol–water partition coefficient (Wildman–Crippen LogP) is 4.52. The lowest BCUT2D eigenvalue weighted by Gasteiger charge is -2.33. The quantitative estimate of drug-likeness (QED) is 0.350. The summed E-state index contributed by atoms with van der Waals surface area (Å²) in [6, 6.07) is 16.4. The van der Waals surface area contributed by atoms with E-state index in [1.165, 1.54) is 12.4 Å². The van der Waals surface area contributed by atoms with Gasteiger partial charge >= 0.3 is 0 Å². The average molecular weight is 472 g/mol. The smallest absolute Gasteiger partial charge is 0.246 e. The van der Waals surface area contributed by atoms with Crippen LogP contribution < -0.4 is 15.4 Å². The van der Waals surface area contributed by atoms with E-state index in [1.807, 2.05) is 37.3 Å². The van der Waals surface area contributed by atoms with Crippen molar-refractivity contribution in [3.05, 3.63) is 84.7 Å². The molecule has 35 heavy (non-hydrogen) atoms. The molecule has 1 unspecified atom stereocenters. The number of likely N-dealkylation sites (tertiary alicyclic amines) is 1. The van der Waals surface area contributed by atoms with Gasteiger partial charge in [-0.2, -0.15) is 0 Å². The largest absolute Gasteiger partial charge is 0.457 e. The summed E-state index contributed by atoms with van der Waals surface area (Å²) >= 11 is 0. The van der Waals surface area contributed by atoms with Crippen molar-refractivity contribution in [2.24, 2.45) is 0 Å². The van der Waals surface area contributed by atoms with Crippen molar-refractivity contribution < 1.29 is 14.3 Å². The zero-order chi connectivity index (χ0) is 24.6. The molecule has 0 aliphatic carbocycles. The number of amides is 1. The lowest BCUT2D eigenvalue weighted by molar-refractivity contribution is -0.127. The normalized spacial score (nSPS) is 15.2. The molecule has 1 aliphatic heterocycles. The number of rotatable bonds is 9. The molecule has 1 fully saturated rings. The van der Waals surface area contributed by atoms with Crippen LogP contribution in [0.4, 0.5) is 11.6 Å². The third-order valence-electron chi connectivity index (χ3n) is 5.76. The van der Waals surface area contributed by atoms with Crippen molar-refractivity contribution in [2.75, 3.05) is 30.3 Å². The number of para-hydroxylation sites is 1. The molecule has 180 valence electrons. The van der Waals surface area contributed by atoms with Crippen LogP contribution in [0.15, 0.2) is 73.6 Å². The molecule has 2 heterocycles. The van der Waals surface area contributed by atoms with E-state index in [0.29, 0.717) is 48.1 Å². The number of nitrogens with one attached hydrogen (secondary N) is 2. The zero-order valence-corrected chi connectivity index (χ0v) is 19.7. The third kappa shape index (κ3) is 5.84. The maximum absolute atomic E-state index is 13.6. The van der Waals surface area contributed by atoms with Crippen LogP contribution in [-0.4, -0.2) is 52.2 Å². The molecule has 1 amide bonds. The first-order valence-electron chi connectivity index (χ1n) is 11.7. The van der Waals surface area contributed by atoms with Crippen LogP contribution in [0.25, 0.3) is 0 Å². The summed E-state index contributed by atoms with van der Waals surface area (Å²) in [5.41, 5.74) is 0.868. The first-order valence-corrected chi connectivity index (χ1v) is 11.7. The minimum absolute atomic E-state index is 0.0368. The minimum atomic E-state index is -0.204. The fourth-order valence-corrected chi connectivity index (χ4v) is 4.07. The number of nitrogens with zero attached hydrogens (tertiary/aromatic N) is 3. The van der Waals surface area contributed by atoms with E-state index in [-0.39, 0.29) is 17.7 Å². The predicted molar refractivity (Wildman–Crippen MR) is 136 cm³/mol. The van der Waals surface area contributed by atoms with Gasteiger partial charge in [-0.15, -0.1) is 0 Å². The van der Waals surface area contributed by atoms with Gasteiger partial charge in [0.1, 0.15) is 35.0 Å². The lowest BCUT2D eigenvalue weighted by Crippen LogP contribution is -2.44. The van der Waals surface area contributed by atoms with Crippen molar-refractivity contribution in [3.8, 4) is 11.5 Å². The van der Waals surface area contributed by atoms with E-state index in [1.54, 1.807) is 29.2 Å². The Hall–Kier alpha value is -4.20. The van der Waals surface area contributed by atoms with Crippen molar-refractivity contribution in [3.63, 3.8) is 0 Å². The molecular weight excluding hydrogens is 442 g/mol. The summed E-state index contributed by atoms with van der Waals surface area (Å²) in [6.45, 7) is 7.34. The number of ether oxygens (including phenoxy) is 1. The van der Waals surface area contributed by atoms with Crippen LogP contribution >= 0.6 is 0 Å². The second-order valence-electron chi connectivity index (χ2n) is 8.22. The zero-order valence-electron chi connectivity index (χ0n) is 19.7. The van der Waals surface area contributed by atoms with E-state index < -0.39 is 0 Å². The monoisotopic (exact) mass is 471 g/mol. The molecule has 8 nitrogen and oxygen atoms in total. The maximum Gasteiger partial charge on any atom is 0.246 e. The van der Waals surface area contributed by atoms with Crippen LogP contribution in [0.3, 0.4) is 0 Å². The summed E-state index contributed by atoms with van der Waals surface area (Å²) < 4.78 is 5.84. The number of carbonyl (C=O) groups excluding carboxylic acids is 2. The molecule has 4 rings (SSSR count). The Morgan fingerprint density at radius 2 is 1.80 bits per heavy atom. The number of ketones is 1. The molecule has 1 aliphatic rings. The van der Waals surface area contributed by atoms with E-state index >= 15 is 0 Å². The van der Waals surface area contributed by atoms with Crippen LogP contribution in [0.5, 0.6) is 11.5 Å². The average Bonchev–Trinajstić information content (AvgIpc) is 2.89. The lowest BCUT2D eigenvalue weighted by atomic mass is 10.0. The van der Waals surface area contributed by atoms with Crippen LogP contribution in [0.1, 0.15) is 35.7 Å². The van der Waals surface area contributed by atoms with Crippen molar-refractivity contribution in [1.29, 1.82) is 0 Å². The number of benzene rings is 2. The second-order valence-corrected chi connectivity index (χ2v) is 8.22. The number of carbonyl (C=O) groups is 2. The molecule has 2 N–H and O–H groups in total. The van der Waals surface area contributed by atoms with Gasteiger partial charge in [0.05, 0.1) is 0 Å². The summed E-state index contributed by atoms with van der Waals surface area (Å²) in [7, 11) is 0. The number of piperidine rings is 1. The summed E-state index contributed by atoms with van der Waals surface area (Å²) in [4.78, 5) is 36.2. The Labute approximate surface area is 205 Å². The van der Waals surface area contributed by atoms with Gasteiger partial charge < -0.3 is 20.3 Å². The third-order valence-corrected chi connectivity index (χ3v) is 5.76. The number of hydrogen-bond acceptors (Lipinski definition) is 7. The van der Waals surface area contributed by atoms with Gasteiger partial charge in [0.15, 0.2) is 5.78 Å². The van der Waals surface area contributed by atoms with Crippen LogP contribution in [0, 0.1) is 0 Å². The molecular formula is C27H29N5O3. The molecule has 8 heteroatoms. The minimum Gasteiger partial charge on any atom is -0.457 e. The molecule has 3 aromatic rings. The molecule has 0 radical (unpaired) electrons. The van der Waals surface area contributed by atoms with Gasteiger partial charge in [0.2, 0.25) is 5.91 Å². The summed E-state index contributed by atoms with van der Waals surface area (Å²) in [6.07, 6.45) is 4.48. The Morgan fingerprint density at radius 1 is 1.09 bits per heavy atom. The molecule has 0 bridgehead atoms. The highest BCUT2D eigenvalue weighted by Crippen LogP contribution is 2.27. The topological polar surface area (TPSA) is 96.5 Å². The van der Waals surface area contributed by atoms with Gasteiger partial charge in [0.25, 0.3) is 0 Å². The van der Waals surface area contributed by atoms with Crippen molar-refractivity contribution in [1.82, 2.24) is 14.9 Å². The van der Waals surface area contributed by atoms with Gasteiger partial charge in [-0.05, 0) is 62.2 Å². The SMILES string of the molecule is C=CC(=O)N1CCCC(Nc2ncnc(NCC)c2C(=O)c2ccc(Oc3ccccc3)cc2)C1. The highest BCUT2D eigenvalue weighted by molar-refractivity contribution is 6.14. The Bertz CT molecular complexity index is 1180. The van der Waals surface area contributed by atoms with Crippen LogP contribution in [-0.2, 0) is 4.79 Å². The maximum atomic E-state index is 13.6. The molecule has 2 aromatic carbocycles. The van der Waals surface area contributed by atoms with E-state index in [2.05, 4.69) is 27.2 Å². The van der Waals surface area contributed by atoms with Crippen molar-refractivity contribution >= 4 is 23.3 Å². The molecule has 1 aromatic heterocycles. The van der Waals surface area contributed by atoms with Gasteiger partial charge in [-0.25, -0.2) is 9.97 Å². The fraction of sp³-hybridized carbons (Fsp3) is 0.259. The summed E-state index contributed by atoms with van der Waals surface area (Å²) in [5.74, 6) is 1.97. The Kier molecular flexibility index (Phi) is 7.72. The van der Waals surface area contributed by atoms with E-state index in [9.17, 15) is 9.59 Å². The standard InChI is InChI=1S/C27H29N5O3/c1-3-23(33)32-16-8-9-20(17-32)31-27-24(26(28-4-2)29-18-30-27)25(34)19-12-14-22(15-13-19)35-21-10-6-5-7-11-21/h3,5-7,10-15,18,20H,1,4,8-9,16-17H2,2H3,(H2,28,29,30,31). The van der Waals surface area contributed by atoms with Gasteiger partial charge in [-0.3, -0.25) is 9.59 Å². The molecule has 0 saturated carbocycles. The van der Waals surface area contributed by atoms with Gasteiger partial charge in [0, 0.05) is 31.2 Å². The van der Waals surface area contributed by atoms with Crippen molar-refractivity contribution in [2.45, 2.75) is 25.8 Å². The second kappa shape index (κ2) is 11.3. The molecule has 1 atom stereocenters. The number of hydrogen-bond donors (Lipinski definition) is 2. The highest BCUT2D eigenvalue weighted by atomic mass is 16.5. The number of aromatic nitrogens is 2. The number of anilines is 2. The Balaban J connectivity index is 1.57. The van der Waals surface area contributed by atoms with E-state index in [0.717, 1.165) is 18.6 Å².